The molecular weight excluding hydrogens is 326 g/mol. The lowest BCUT2D eigenvalue weighted by Gasteiger charge is -2.35. The van der Waals surface area contributed by atoms with Gasteiger partial charge in [0.15, 0.2) is 0 Å². The highest BCUT2D eigenvalue weighted by Crippen LogP contribution is 2.46. The number of hydrogen-bond donors (Lipinski definition) is 1. The van der Waals surface area contributed by atoms with Gasteiger partial charge in [0.05, 0.1) is 0 Å². The number of piperazine rings is 1. The smallest absolute Gasteiger partial charge is 0.317 e. The van der Waals surface area contributed by atoms with Gasteiger partial charge in [0.25, 0.3) is 0 Å². The van der Waals surface area contributed by atoms with Crippen LogP contribution in [0.3, 0.4) is 0 Å². The van der Waals surface area contributed by atoms with Gasteiger partial charge in [-0.1, -0.05) is 30.3 Å². The van der Waals surface area contributed by atoms with E-state index in [1.807, 2.05) is 24.0 Å². The van der Waals surface area contributed by atoms with E-state index in [0.717, 1.165) is 44.4 Å². The zero-order valence-corrected chi connectivity index (χ0v) is 15.1. The van der Waals surface area contributed by atoms with E-state index in [4.69, 9.17) is 0 Å². The average molecular weight is 351 g/mol. The van der Waals surface area contributed by atoms with Crippen molar-refractivity contribution in [2.24, 2.45) is 5.92 Å². The van der Waals surface area contributed by atoms with E-state index >= 15 is 0 Å². The number of anilines is 1. The summed E-state index contributed by atoms with van der Waals surface area (Å²) in [5.74, 6) is 2.90. The number of carbonyl (C=O) groups is 1. The van der Waals surface area contributed by atoms with E-state index < -0.39 is 0 Å². The molecule has 1 aromatic carbocycles. The molecule has 136 valence electrons. The number of urea groups is 1. The van der Waals surface area contributed by atoms with Gasteiger partial charge >= 0.3 is 6.03 Å². The maximum atomic E-state index is 12.4. The minimum absolute atomic E-state index is 0.0576. The number of nitrogens with zero attached hydrogens (tertiary/aromatic N) is 4. The predicted octanol–water partition coefficient (Wildman–Crippen LogP) is 2.42. The van der Waals surface area contributed by atoms with Crippen LogP contribution in [0, 0.1) is 12.8 Å². The number of nitrogens with one attached hydrogen (secondary N) is 1. The number of benzene rings is 1. The highest BCUT2D eigenvalue weighted by Gasteiger charge is 2.38. The maximum absolute atomic E-state index is 12.4. The molecule has 1 aromatic heterocycles. The first-order valence-corrected chi connectivity index (χ1v) is 9.33. The van der Waals surface area contributed by atoms with Crippen molar-refractivity contribution in [3.63, 3.8) is 0 Å². The average Bonchev–Trinajstić information content (AvgIpc) is 3.47. The molecule has 2 fully saturated rings. The summed E-state index contributed by atoms with van der Waals surface area (Å²) in [5, 5.41) is 3.12. The Morgan fingerprint density at radius 3 is 2.65 bits per heavy atom. The zero-order chi connectivity index (χ0) is 17.9. The Balaban J connectivity index is 1.22. The number of carbonyl (C=O) groups excluding carboxylic acids is 1. The summed E-state index contributed by atoms with van der Waals surface area (Å²) in [6.07, 6.45) is 2.96. The van der Waals surface area contributed by atoms with Crippen molar-refractivity contribution in [2.75, 3.05) is 37.6 Å². The van der Waals surface area contributed by atoms with E-state index in [0.29, 0.717) is 11.8 Å². The second kappa shape index (κ2) is 7.32. The molecule has 1 aliphatic heterocycles. The lowest BCUT2D eigenvalue weighted by Crippen LogP contribution is -2.52. The Kier molecular flexibility index (Phi) is 4.73. The molecule has 0 unspecified atom stereocenters. The number of aryl methyl sites for hydroxylation is 1. The van der Waals surface area contributed by atoms with Crippen molar-refractivity contribution in [2.45, 2.75) is 19.3 Å². The lowest BCUT2D eigenvalue weighted by atomic mass is 10.1. The van der Waals surface area contributed by atoms with Gasteiger partial charge in [-0.2, -0.15) is 0 Å². The minimum atomic E-state index is 0.0576. The third-order valence-electron chi connectivity index (χ3n) is 5.32. The van der Waals surface area contributed by atoms with E-state index in [1.165, 1.54) is 12.0 Å². The lowest BCUT2D eigenvalue weighted by molar-refractivity contribution is 0.193. The Hall–Kier alpha value is -2.63. The first kappa shape index (κ1) is 16.8. The maximum Gasteiger partial charge on any atom is 0.317 e. The molecular formula is C20H25N5O. The molecule has 2 aliphatic rings. The highest BCUT2D eigenvalue weighted by atomic mass is 16.2. The molecule has 2 atom stereocenters. The molecule has 2 heterocycles. The third-order valence-corrected chi connectivity index (χ3v) is 5.32. The molecule has 2 amide bonds. The molecule has 6 nitrogen and oxygen atoms in total. The summed E-state index contributed by atoms with van der Waals surface area (Å²) >= 11 is 0. The van der Waals surface area contributed by atoms with E-state index in [-0.39, 0.29) is 6.03 Å². The molecule has 1 aliphatic carbocycles. The fraction of sp³-hybridized carbons (Fsp3) is 0.450. The number of amides is 2. The van der Waals surface area contributed by atoms with Crippen molar-refractivity contribution >= 4 is 11.8 Å². The highest BCUT2D eigenvalue weighted by molar-refractivity contribution is 5.74. The first-order valence-electron chi connectivity index (χ1n) is 9.33. The van der Waals surface area contributed by atoms with Gasteiger partial charge in [-0.05, 0) is 36.8 Å². The van der Waals surface area contributed by atoms with Crippen LogP contribution in [0.25, 0.3) is 0 Å². The predicted molar refractivity (Wildman–Crippen MR) is 101 cm³/mol. The normalized spacial score (nSPS) is 22.2. The molecule has 6 heteroatoms. The van der Waals surface area contributed by atoms with Crippen LogP contribution in [-0.2, 0) is 0 Å². The monoisotopic (exact) mass is 351 g/mol. The molecule has 0 bridgehead atoms. The van der Waals surface area contributed by atoms with Crippen LogP contribution < -0.4 is 10.2 Å². The number of hydrogen-bond acceptors (Lipinski definition) is 4. The van der Waals surface area contributed by atoms with Crippen LogP contribution in [-0.4, -0.2) is 53.6 Å². The van der Waals surface area contributed by atoms with Crippen molar-refractivity contribution < 1.29 is 4.79 Å². The van der Waals surface area contributed by atoms with Crippen LogP contribution in [0.15, 0.2) is 42.6 Å². The van der Waals surface area contributed by atoms with Gasteiger partial charge in [-0.15, -0.1) is 0 Å². The second-order valence-electron chi connectivity index (χ2n) is 7.14. The summed E-state index contributed by atoms with van der Waals surface area (Å²) in [7, 11) is 0. The van der Waals surface area contributed by atoms with Gasteiger partial charge in [-0.3, -0.25) is 0 Å². The Morgan fingerprint density at radius 1 is 1.15 bits per heavy atom. The molecule has 4 rings (SSSR count). The van der Waals surface area contributed by atoms with E-state index in [9.17, 15) is 4.79 Å². The standard InChI is InChI=1S/C20H25N5O/c1-15-21-8-7-19(23-15)24-9-11-25(12-10-24)20(26)22-14-17-13-18(17)16-5-3-2-4-6-16/h2-8,17-18H,9-14H2,1H3,(H,22,26)/t17-,18-/m1/s1. The molecule has 2 aromatic rings. The minimum Gasteiger partial charge on any atom is -0.353 e. The van der Waals surface area contributed by atoms with Crippen LogP contribution in [0.1, 0.15) is 23.7 Å². The number of aromatic nitrogens is 2. The summed E-state index contributed by atoms with van der Waals surface area (Å²) in [6.45, 7) is 5.72. The quantitative estimate of drug-likeness (QED) is 0.919. The molecule has 1 N–H and O–H groups in total. The Bertz CT molecular complexity index is 758. The van der Waals surface area contributed by atoms with Crippen LogP contribution in [0.2, 0.25) is 0 Å². The van der Waals surface area contributed by atoms with Crippen molar-refractivity contribution in [1.29, 1.82) is 0 Å². The van der Waals surface area contributed by atoms with Gasteiger partial charge in [0.1, 0.15) is 11.6 Å². The number of rotatable bonds is 4. The molecule has 0 radical (unpaired) electrons. The Morgan fingerprint density at radius 2 is 1.92 bits per heavy atom. The van der Waals surface area contributed by atoms with Crippen molar-refractivity contribution in [1.82, 2.24) is 20.2 Å². The third kappa shape index (κ3) is 3.79. The van der Waals surface area contributed by atoms with Gasteiger partial charge in [0.2, 0.25) is 0 Å². The summed E-state index contributed by atoms with van der Waals surface area (Å²) in [4.78, 5) is 25.2. The molecule has 26 heavy (non-hydrogen) atoms. The fourth-order valence-electron chi connectivity index (χ4n) is 3.67. The second-order valence-corrected chi connectivity index (χ2v) is 7.14. The molecule has 1 saturated heterocycles. The van der Waals surface area contributed by atoms with E-state index in [2.05, 4.69) is 44.5 Å². The van der Waals surface area contributed by atoms with Crippen LogP contribution >= 0.6 is 0 Å². The fourth-order valence-corrected chi connectivity index (χ4v) is 3.67. The van der Waals surface area contributed by atoms with E-state index in [1.54, 1.807) is 6.20 Å². The molecule has 0 spiro atoms. The van der Waals surface area contributed by atoms with Gasteiger partial charge in [-0.25, -0.2) is 14.8 Å². The van der Waals surface area contributed by atoms with Crippen molar-refractivity contribution in [3.05, 3.63) is 54.0 Å². The Labute approximate surface area is 154 Å². The first-order chi connectivity index (χ1) is 12.7. The summed E-state index contributed by atoms with van der Waals surface area (Å²) in [6, 6.07) is 12.6. The SMILES string of the molecule is Cc1nccc(N2CCN(C(=O)NC[C@H]3C[C@@H]3c3ccccc3)CC2)n1. The molecule has 1 saturated carbocycles. The topological polar surface area (TPSA) is 61.4 Å². The van der Waals surface area contributed by atoms with Crippen LogP contribution in [0.4, 0.5) is 10.6 Å². The van der Waals surface area contributed by atoms with Gasteiger partial charge in [0, 0.05) is 38.9 Å². The van der Waals surface area contributed by atoms with Crippen molar-refractivity contribution in [3.8, 4) is 0 Å². The van der Waals surface area contributed by atoms with Crippen LogP contribution in [0.5, 0.6) is 0 Å². The summed E-state index contributed by atoms with van der Waals surface area (Å²) in [5.41, 5.74) is 1.39. The largest absolute Gasteiger partial charge is 0.353 e. The van der Waals surface area contributed by atoms with Gasteiger partial charge < -0.3 is 15.1 Å². The summed E-state index contributed by atoms with van der Waals surface area (Å²) < 4.78 is 0. The zero-order valence-electron chi connectivity index (χ0n) is 15.1.